The maximum absolute atomic E-state index is 4.76. The lowest BCUT2D eigenvalue weighted by Crippen LogP contribution is -2.11. The highest BCUT2D eigenvalue weighted by atomic mass is 32.1. The highest BCUT2D eigenvalue weighted by molar-refractivity contribution is 7.07. The Labute approximate surface area is 171 Å². The molecule has 0 unspecified atom stereocenters. The van der Waals surface area contributed by atoms with Gasteiger partial charge in [0.1, 0.15) is 0 Å². The molecule has 0 aliphatic carbocycles. The van der Waals surface area contributed by atoms with Gasteiger partial charge in [-0.15, -0.1) is 11.3 Å². The van der Waals surface area contributed by atoms with Crippen molar-refractivity contribution in [1.29, 1.82) is 0 Å². The minimum Gasteiger partial charge on any atom is -0.360 e. The number of aromatic nitrogens is 3. The molecule has 5 aromatic rings. The molecular weight excluding hydrogens is 378 g/mol. The average molecular weight is 395 g/mol. The van der Waals surface area contributed by atoms with Crippen molar-refractivity contribution >= 4 is 34.0 Å². The third-order valence-electron chi connectivity index (χ3n) is 4.56. The van der Waals surface area contributed by atoms with E-state index in [1.54, 1.807) is 23.7 Å². The molecule has 0 bridgehead atoms. The van der Waals surface area contributed by atoms with Crippen LogP contribution in [0.1, 0.15) is 5.69 Å². The second kappa shape index (κ2) is 7.69. The maximum Gasteiger partial charge on any atom is 0.211 e. The van der Waals surface area contributed by atoms with Gasteiger partial charge in [-0.3, -0.25) is 4.98 Å². The van der Waals surface area contributed by atoms with Crippen LogP contribution in [0.15, 0.2) is 101 Å². The van der Waals surface area contributed by atoms with E-state index in [9.17, 15) is 0 Å². The van der Waals surface area contributed by atoms with Crippen molar-refractivity contribution in [2.75, 3.05) is 0 Å². The molecule has 140 valence electrons. The summed E-state index contributed by atoms with van der Waals surface area (Å²) in [6.07, 6.45) is 7.18. The van der Waals surface area contributed by atoms with E-state index in [4.69, 9.17) is 10.1 Å². The summed E-state index contributed by atoms with van der Waals surface area (Å²) >= 11 is 1.56. The minimum atomic E-state index is 0.781. The molecule has 0 saturated heterocycles. The molecule has 0 amide bonds. The fourth-order valence-corrected chi connectivity index (χ4v) is 4.05. The van der Waals surface area contributed by atoms with Gasteiger partial charge in [-0.25, -0.2) is 9.67 Å². The minimum absolute atomic E-state index is 0.781. The standard InChI is InChI=1S/C23H17N5S/c1-2-10-20-17(6-1)7-3-11-21(20)22-16-29-23(27-19-9-4-12-24-14-19)28(22)26-15-18-8-5-13-25-18/h1-16,25H. The van der Waals surface area contributed by atoms with Gasteiger partial charge >= 0.3 is 0 Å². The quantitative estimate of drug-likeness (QED) is 0.417. The summed E-state index contributed by atoms with van der Waals surface area (Å²) < 4.78 is 1.89. The third-order valence-corrected chi connectivity index (χ3v) is 5.37. The van der Waals surface area contributed by atoms with E-state index < -0.39 is 0 Å². The highest BCUT2D eigenvalue weighted by Crippen LogP contribution is 2.29. The first-order chi connectivity index (χ1) is 14.4. The Hall–Kier alpha value is -3.77. The van der Waals surface area contributed by atoms with E-state index in [1.165, 1.54) is 10.8 Å². The highest BCUT2D eigenvalue weighted by Gasteiger charge is 2.11. The van der Waals surface area contributed by atoms with Gasteiger partial charge in [-0.05, 0) is 35.0 Å². The number of hydrogen-bond donors (Lipinski definition) is 1. The number of fused-ring (bicyclic) bond motifs is 1. The fraction of sp³-hybridized carbons (Fsp3) is 0. The van der Waals surface area contributed by atoms with Crippen LogP contribution >= 0.6 is 11.3 Å². The Morgan fingerprint density at radius 2 is 1.90 bits per heavy atom. The van der Waals surface area contributed by atoms with Gasteiger partial charge < -0.3 is 4.98 Å². The van der Waals surface area contributed by atoms with Crippen molar-refractivity contribution in [3.63, 3.8) is 0 Å². The monoisotopic (exact) mass is 395 g/mol. The largest absolute Gasteiger partial charge is 0.360 e. The van der Waals surface area contributed by atoms with Crippen molar-refractivity contribution in [2.45, 2.75) is 0 Å². The zero-order chi connectivity index (χ0) is 19.5. The van der Waals surface area contributed by atoms with E-state index in [-0.39, 0.29) is 0 Å². The number of thiazole rings is 1. The van der Waals surface area contributed by atoms with Crippen molar-refractivity contribution in [1.82, 2.24) is 14.6 Å². The van der Waals surface area contributed by atoms with E-state index in [2.05, 4.69) is 57.8 Å². The van der Waals surface area contributed by atoms with E-state index in [1.807, 2.05) is 41.4 Å². The summed E-state index contributed by atoms with van der Waals surface area (Å²) in [5, 5.41) is 9.23. The summed E-state index contributed by atoms with van der Waals surface area (Å²) in [4.78, 5) is 12.9. The van der Waals surface area contributed by atoms with Crippen LogP contribution in [0.2, 0.25) is 0 Å². The molecular formula is C23H17N5S. The lowest BCUT2D eigenvalue weighted by Gasteiger charge is -2.07. The first kappa shape index (κ1) is 17.3. The van der Waals surface area contributed by atoms with E-state index in [0.717, 1.165) is 27.4 Å². The lowest BCUT2D eigenvalue weighted by molar-refractivity contribution is 0.854. The second-order valence-corrected chi connectivity index (χ2v) is 7.27. The first-order valence-corrected chi connectivity index (χ1v) is 10.1. The first-order valence-electron chi connectivity index (χ1n) is 9.20. The number of benzene rings is 2. The number of rotatable bonds is 4. The zero-order valence-electron chi connectivity index (χ0n) is 15.4. The van der Waals surface area contributed by atoms with Crippen molar-refractivity contribution in [3.05, 3.63) is 101 Å². The molecule has 0 radical (unpaired) electrons. The van der Waals surface area contributed by atoms with Crippen LogP contribution in [0, 0.1) is 0 Å². The molecule has 0 fully saturated rings. The predicted molar refractivity (Wildman–Crippen MR) is 118 cm³/mol. The molecule has 6 heteroatoms. The number of nitrogens with one attached hydrogen (secondary N) is 1. The maximum atomic E-state index is 4.76. The van der Waals surface area contributed by atoms with Crippen LogP contribution in [0.25, 0.3) is 22.0 Å². The predicted octanol–water partition coefficient (Wildman–Crippen LogP) is 5.21. The van der Waals surface area contributed by atoms with Gasteiger partial charge in [0.2, 0.25) is 4.80 Å². The summed E-state index contributed by atoms with van der Waals surface area (Å²) in [5.41, 5.74) is 3.84. The second-order valence-electron chi connectivity index (χ2n) is 6.44. The average Bonchev–Trinajstić information content (AvgIpc) is 3.42. The summed E-state index contributed by atoms with van der Waals surface area (Å²) in [7, 11) is 0. The number of H-pyrrole nitrogens is 1. The van der Waals surface area contributed by atoms with Crippen LogP contribution in [-0.4, -0.2) is 20.9 Å². The van der Waals surface area contributed by atoms with E-state index >= 15 is 0 Å². The molecule has 0 atom stereocenters. The van der Waals surface area contributed by atoms with Crippen molar-refractivity contribution < 1.29 is 0 Å². The normalized spacial score (nSPS) is 12.2. The summed E-state index contributed by atoms with van der Waals surface area (Å²) in [6.45, 7) is 0. The summed E-state index contributed by atoms with van der Waals surface area (Å²) in [5.74, 6) is 0. The summed E-state index contributed by atoms with van der Waals surface area (Å²) in [6, 6.07) is 22.4. The lowest BCUT2D eigenvalue weighted by atomic mass is 10.0. The van der Waals surface area contributed by atoms with Gasteiger partial charge in [-0.1, -0.05) is 42.5 Å². The van der Waals surface area contributed by atoms with Crippen molar-refractivity contribution in [2.24, 2.45) is 10.1 Å². The molecule has 29 heavy (non-hydrogen) atoms. The molecule has 0 aliphatic rings. The van der Waals surface area contributed by atoms with Crippen molar-refractivity contribution in [3.8, 4) is 11.3 Å². The van der Waals surface area contributed by atoms with Gasteiger partial charge in [-0.2, -0.15) is 5.10 Å². The molecule has 5 nitrogen and oxygen atoms in total. The molecule has 1 N–H and O–H groups in total. The molecule has 0 saturated carbocycles. The molecule has 0 spiro atoms. The van der Waals surface area contributed by atoms with Crippen LogP contribution in [0.4, 0.5) is 5.69 Å². The van der Waals surface area contributed by atoms with Gasteiger partial charge in [0, 0.05) is 23.3 Å². The molecule has 3 aromatic heterocycles. The van der Waals surface area contributed by atoms with Crippen LogP contribution < -0.4 is 4.80 Å². The smallest absolute Gasteiger partial charge is 0.211 e. The van der Waals surface area contributed by atoms with E-state index in [0.29, 0.717) is 0 Å². The number of nitrogens with zero attached hydrogens (tertiary/aromatic N) is 4. The molecule has 5 rings (SSSR count). The number of aromatic amines is 1. The number of hydrogen-bond acceptors (Lipinski definition) is 4. The third kappa shape index (κ3) is 3.53. The molecule has 2 aromatic carbocycles. The Balaban J connectivity index is 1.72. The zero-order valence-corrected chi connectivity index (χ0v) is 16.3. The van der Waals surface area contributed by atoms with Gasteiger partial charge in [0.15, 0.2) is 0 Å². The molecule has 0 aliphatic heterocycles. The van der Waals surface area contributed by atoms with Gasteiger partial charge in [0.05, 0.1) is 29.5 Å². The van der Waals surface area contributed by atoms with Crippen LogP contribution in [0.3, 0.4) is 0 Å². The number of pyridine rings is 1. The Kier molecular flexibility index (Phi) is 4.60. The Morgan fingerprint density at radius 3 is 2.76 bits per heavy atom. The Bertz CT molecular complexity index is 1340. The van der Waals surface area contributed by atoms with Crippen LogP contribution in [-0.2, 0) is 0 Å². The fourth-order valence-electron chi connectivity index (χ4n) is 3.20. The topological polar surface area (TPSA) is 58.3 Å². The molecule has 3 heterocycles. The van der Waals surface area contributed by atoms with Gasteiger partial charge in [0.25, 0.3) is 0 Å². The SMILES string of the molecule is C(=Nn1c(-c2cccc3ccccc23)csc1=Nc1cccnc1)c1ccc[nH]1. The Morgan fingerprint density at radius 1 is 0.966 bits per heavy atom. The van der Waals surface area contributed by atoms with Crippen LogP contribution in [0.5, 0.6) is 0 Å².